The smallest absolute Gasteiger partial charge is 0.0598 e. The highest BCUT2D eigenvalue weighted by molar-refractivity contribution is 5.72. The number of benzene rings is 2. The highest BCUT2D eigenvalue weighted by Crippen LogP contribution is 2.29. The molecule has 1 aromatic heterocycles. The number of nitrogens with zero attached hydrogens (tertiary/aromatic N) is 2. The third kappa shape index (κ3) is 3.59. The molecule has 2 heteroatoms. The van der Waals surface area contributed by atoms with Crippen molar-refractivity contribution in [2.24, 2.45) is 0 Å². The highest BCUT2D eigenvalue weighted by Gasteiger charge is 2.08. The average molecular weight is 302 g/mol. The number of anilines is 1. The van der Waals surface area contributed by atoms with Crippen LogP contribution in [-0.2, 0) is 6.54 Å². The molecule has 0 saturated heterocycles. The lowest BCUT2D eigenvalue weighted by atomic mass is 9.98. The van der Waals surface area contributed by atoms with Crippen molar-refractivity contribution in [3.05, 3.63) is 83.7 Å². The number of hydrogen-bond acceptors (Lipinski definition) is 2. The van der Waals surface area contributed by atoms with E-state index >= 15 is 0 Å². The molecular weight excluding hydrogens is 280 g/mol. The number of hydrogen-bond donors (Lipinski definition) is 0. The standard InChI is InChI=1S/C21H22N2/c1-16-12-18(21-10-5-4-8-17(21)2)14-20(13-16)23(3)15-19-9-6-7-11-22-19/h4-14H,15H2,1-3H3. The van der Waals surface area contributed by atoms with Gasteiger partial charge in [-0.25, -0.2) is 0 Å². The van der Waals surface area contributed by atoms with Gasteiger partial charge in [0.15, 0.2) is 0 Å². The fourth-order valence-corrected chi connectivity index (χ4v) is 2.86. The summed E-state index contributed by atoms with van der Waals surface area (Å²) < 4.78 is 0. The van der Waals surface area contributed by atoms with Gasteiger partial charge in [0.05, 0.1) is 12.2 Å². The van der Waals surface area contributed by atoms with Crippen LogP contribution in [0.3, 0.4) is 0 Å². The first-order valence-electron chi connectivity index (χ1n) is 7.92. The van der Waals surface area contributed by atoms with Gasteiger partial charge in [0.1, 0.15) is 0 Å². The van der Waals surface area contributed by atoms with Crippen LogP contribution >= 0.6 is 0 Å². The molecule has 2 aromatic carbocycles. The lowest BCUT2D eigenvalue weighted by Crippen LogP contribution is -2.17. The van der Waals surface area contributed by atoms with E-state index in [0.717, 1.165) is 12.2 Å². The molecule has 23 heavy (non-hydrogen) atoms. The van der Waals surface area contributed by atoms with Gasteiger partial charge in [-0.05, 0) is 60.4 Å². The Balaban J connectivity index is 1.93. The van der Waals surface area contributed by atoms with Gasteiger partial charge >= 0.3 is 0 Å². The third-order valence-electron chi connectivity index (χ3n) is 4.08. The Labute approximate surface area is 138 Å². The molecule has 0 bridgehead atoms. The molecule has 0 fully saturated rings. The van der Waals surface area contributed by atoms with Crippen LogP contribution in [0.4, 0.5) is 5.69 Å². The summed E-state index contributed by atoms with van der Waals surface area (Å²) in [5, 5.41) is 0. The first kappa shape index (κ1) is 15.3. The zero-order valence-electron chi connectivity index (χ0n) is 14.0. The molecule has 3 rings (SSSR count). The van der Waals surface area contributed by atoms with Gasteiger partial charge in [-0.2, -0.15) is 0 Å². The molecule has 2 nitrogen and oxygen atoms in total. The van der Waals surface area contributed by atoms with Gasteiger partial charge in [0.25, 0.3) is 0 Å². The van der Waals surface area contributed by atoms with E-state index in [2.05, 4.69) is 79.3 Å². The number of rotatable bonds is 4. The van der Waals surface area contributed by atoms with Crippen LogP contribution < -0.4 is 4.90 Å². The van der Waals surface area contributed by atoms with Crippen LogP contribution in [0.2, 0.25) is 0 Å². The molecule has 3 aromatic rings. The van der Waals surface area contributed by atoms with Crippen molar-refractivity contribution in [2.75, 3.05) is 11.9 Å². The summed E-state index contributed by atoms with van der Waals surface area (Å²) in [7, 11) is 2.12. The summed E-state index contributed by atoms with van der Waals surface area (Å²) in [5.74, 6) is 0. The van der Waals surface area contributed by atoms with E-state index in [1.54, 1.807) is 0 Å². The summed E-state index contributed by atoms with van der Waals surface area (Å²) in [6, 6.07) is 21.3. The topological polar surface area (TPSA) is 16.1 Å². The Bertz CT molecular complexity index is 794. The lowest BCUT2D eigenvalue weighted by molar-refractivity contribution is 0.884. The molecule has 0 saturated carbocycles. The molecule has 116 valence electrons. The van der Waals surface area contributed by atoms with Crippen molar-refractivity contribution in [1.82, 2.24) is 4.98 Å². The van der Waals surface area contributed by atoms with Crippen molar-refractivity contribution in [1.29, 1.82) is 0 Å². The monoisotopic (exact) mass is 302 g/mol. The molecule has 0 unspecified atom stereocenters. The van der Waals surface area contributed by atoms with Crippen molar-refractivity contribution >= 4 is 5.69 Å². The predicted octanol–water partition coefficient (Wildman–Crippen LogP) is 5.00. The van der Waals surface area contributed by atoms with Crippen LogP contribution in [0.1, 0.15) is 16.8 Å². The average Bonchev–Trinajstić information content (AvgIpc) is 2.55. The minimum Gasteiger partial charge on any atom is -0.369 e. The predicted molar refractivity (Wildman–Crippen MR) is 97.7 cm³/mol. The number of aryl methyl sites for hydroxylation is 2. The largest absolute Gasteiger partial charge is 0.369 e. The quantitative estimate of drug-likeness (QED) is 0.674. The SMILES string of the molecule is Cc1cc(-c2ccccc2C)cc(N(C)Cc2ccccn2)c1. The minimum atomic E-state index is 0.803. The zero-order valence-corrected chi connectivity index (χ0v) is 14.0. The van der Waals surface area contributed by atoms with E-state index in [0.29, 0.717) is 0 Å². The second kappa shape index (κ2) is 6.66. The number of pyridine rings is 1. The Morgan fingerprint density at radius 1 is 0.913 bits per heavy atom. The Morgan fingerprint density at radius 3 is 2.43 bits per heavy atom. The molecule has 0 amide bonds. The maximum atomic E-state index is 4.42. The molecular formula is C21H22N2. The normalized spacial score (nSPS) is 10.6. The summed E-state index contributed by atoms with van der Waals surface area (Å²) in [6.07, 6.45) is 1.85. The summed E-state index contributed by atoms with van der Waals surface area (Å²) >= 11 is 0. The van der Waals surface area contributed by atoms with Crippen LogP contribution in [0.15, 0.2) is 66.9 Å². The Hall–Kier alpha value is -2.61. The molecule has 1 heterocycles. The molecule has 0 aliphatic rings. The fraction of sp³-hybridized carbons (Fsp3) is 0.190. The van der Waals surface area contributed by atoms with Crippen LogP contribution in [-0.4, -0.2) is 12.0 Å². The highest BCUT2D eigenvalue weighted by atomic mass is 15.1. The van der Waals surface area contributed by atoms with Crippen LogP contribution in [0, 0.1) is 13.8 Å². The lowest BCUT2D eigenvalue weighted by Gasteiger charge is -2.21. The summed E-state index contributed by atoms with van der Waals surface area (Å²) in [4.78, 5) is 6.67. The van der Waals surface area contributed by atoms with E-state index < -0.39 is 0 Å². The molecule has 0 radical (unpaired) electrons. The Kier molecular flexibility index (Phi) is 4.42. The molecule has 0 aliphatic carbocycles. The second-order valence-corrected chi connectivity index (χ2v) is 6.05. The summed E-state index contributed by atoms with van der Waals surface area (Å²) in [5.41, 5.74) is 7.43. The van der Waals surface area contributed by atoms with Crippen LogP contribution in [0.25, 0.3) is 11.1 Å². The number of aromatic nitrogens is 1. The second-order valence-electron chi connectivity index (χ2n) is 6.05. The zero-order chi connectivity index (χ0) is 16.2. The van der Waals surface area contributed by atoms with Gasteiger partial charge < -0.3 is 4.90 Å². The van der Waals surface area contributed by atoms with E-state index in [4.69, 9.17) is 0 Å². The van der Waals surface area contributed by atoms with Gasteiger partial charge in [-0.15, -0.1) is 0 Å². The van der Waals surface area contributed by atoms with E-state index in [-0.39, 0.29) is 0 Å². The van der Waals surface area contributed by atoms with Crippen molar-refractivity contribution in [3.8, 4) is 11.1 Å². The van der Waals surface area contributed by atoms with Crippen molar-refractivity contribution in [3.63, 3.8) is 0 Å². The summed E-state index contributed by atoms with van der Waals surface area (Å²) in [6.45, 7) is 5.12. The van der Waals surface area contributed by atoms with Crippen molar-refractivity contribution in [2.45, 2.75) is 20.4 Å². The first-order valence-corrected chi connectivity index (χ1v) is 7.92. The van der Waals surface area contributed by atoms with Crippen LogP contribution in [0.5, 0.6) is 0 Å². The first-order chi connectivity index (χ1) is 11.1. The molecule has 0 spiro atoms. The maximum absolute atomic E-state index is 4.42. The maximum Gasteiger partial charge on any atom is 0.0598 e. The van der Waals surface area contributed by atoms with Gasteiger partial charge in [0, 0.05) is 18.9 Å². The molecule has 0 atom stereocenters. The van der Waals surface area contributed by atoms with Gasteiger partial charge in [0.2, 0.25) is 0 Å². The van der Waals surface area contributed by atoms with E-state index in [9.17, 15) is 0 Å². The van der Waals surface area contributed by atoms with Gasteiger partial charge in [-0.1, -0.05) is 36.4 Å². The van der Waals surface area contributed by atoms with E-state index in [1.807, 2.05) is 18.3 Å². The van der Waals surface area contributed by atoms with E-state index in [1.165, 1.54) is 27.9 Å². The fourth-order valence-electron chi connectivity index (χ4n) is 2.86. The Morgan fingerprint density at radius 2 is 1.70 bits per heavy atom. The molecule has 0 aliphatic heterocycles. The molecule has 0 N–H and O–H groups in total. The van der Waals surface area contributed by atoms with Gasteiger partial charge in [-0.3, -0.25) is 4.98 Å². The third-order valence-corrected chi connectivity index (χ3v) is 4.08. The minimum absolute atomic E-state index is 0.803. The van der Waals surface area contributed by atoms with Crippen molar-refractivity contribution < 1.29 is 0 Å².